The molecule has 1 N–H and O–H groups in total. The number of thiazole rings is 1. The summed E-state index contributed by atoms with van der Waals surface area (Å²) < 4.78 is 30.8. The molecule has 2 aromatic rings. The Morgan fingerprint density at radius 3 is 2.82 bits per heavy atom. The van der Waals surface area contributed by atoms with E-state index in [0.29, 0.717) is 5.69 Å². The fourth-order valence-electron chi connectivity index (χ4n) is 1.71. The Balaban J connectivity index is 2.08. The summed E-state index contributed by atoms with van der Waals surface area (Å²) in [6.45, 7) is 2.07. The summed E-state index contributed by atoms with van der Waals surface area (Å²) in [5.74, 6) is -0.584. The molecule has 0 saturated carbocycles. The maximum absolute atomic E-state index is 12.0. The molecule has 0 unspecified atom stereocenters. The predicted octanol–water partition coefficient (Wildman–Crippen LogP) is 1.97. The molecule has 0 fully saturated rings. The van der Waals surface area contributed by atoms with Gasteiger partial charge in [-0.25, -0.2) is 22.9 Å². The average Bonchev–Trinajstić information content (AvgIpc) is 3.00. The van der Waals surface area contributed by atoms with E-state index < -0.39 is 16.0 Å². The van der Waals surface area contributed by atoms with E-state index in [1.54, 1.807) is 0 Å². The van der Waals surface area contributed by atoms with Crippen molar-refractivity contribution in [1.82, 2.24) is 9.71 Å². The SMILES string of the molecule is CCc1nc(COC(=O)c2cccc(S(=O)(=O)NC)c2)cs1. The lowest BCUT2D eigenvalue weighted by Gasteiger charge is -2.06. The normalized spacial score (nSPS) is 11.4. The van der Waals surface area contributed by atoms with E-state index in [1.165, 1.54) is 42.6 Å². The molecule has 8 heteroatoms. The summed E-state index contributed by atoms with van der Waals surface area (Å²) in [4.78, 5) is 16.3. The van der Waals surface area contributed by atoms with Crippen LogP contribution in [0.5, 0.6) is 0 Å². The van der Waals surface area contributed by atoms with Gasteiger partial charge in [-0.1, -0.05) is 13.0 Å². The highest BCUT2D eigenvalue weighted by Crippen LogP contribution is 2.14. The van der Waals surface area contributed by atoms with Crippen LogP contribution in [0.25, 0.3) is 0 Å². The van der Waals surface area contributed by atoms with Gasteiger partial charge in [-0.2, -0.15) is 0 Å². The van der Waals surface area contributed by atoms with Crippen molar-refractivity contribution in [1.29, 1.82) is 0 Å². The Kier molecular flexibility index (Phi) is 5.28. The first-order valence-corrected chi connectivity index (χ1v) is 8.96. The minimum atomic E-state index is -3.59. The highest BCUT2D eigenvalue weighted by molar-refractivity contribution is 7.89. The Hall–Kier alpha value is -1.77. The average molecular weight is 340 g/mol. The standard InChI is InChI=1S/C14H16N2O4S2/c1-3-13-16-11(9-21-13)8-20-14(17)10-5-4-6-12(7-10)22(18,19)15-2/h4-7,9,15H,3,8H2,1-2H3. The van der Waals surface area contributed by atoms with Gasteiger partial charge in [-0.3, -0.25) is 0 Å². The lowest BCUT2D eigenvalue weighted by atomic mass is 10.2. The van der Waals surface area contributed by atoms with Gasteiger partial charge in [-0.15, -0.1) is 11.3 Å². The quantitative estimate of drug-likeness (QED) is 0.813. The molecule has 0 bridgehead atoms. The summed E-state index contributed by atoms with van der Waals surface area (Å²) in [6.07, 6.45) is 0.836. The first kappa shape index (κ1) is 16.6. The first-order valence-electron chi connectivity index (χ1n) is 6.60. The van der Waals surface area contributed by atoms with Crippen LogP contribution in [-0.4, -0.2) is 26.4 Å². The second-order valence-electron chi connectivity index (χ2n) is 4.40. The van der Waals surface area contributed by atoms with Crippen molar-refractivity contribution in [3.8, 4) is 0 Å². The number of ether oxygens (including phenoxy) is 1. The van der Waals surface area contributed by atoms with Crippen molar-refractivity contribution in [2.75, 3.05) is 7.05 Å². The molecule has 6 nitrogen and oxygen atoms in total. The first-order chi connectivity index (χ1) is 10.5. The Bertz CT molecular complexity index is 769. The van der Waals surface area contributed by atoms with E-state index in [4.69, 9.17) is 4.74 Å². The topological polar surface area (TPSA) is 85.4 Å². The summed E-state index contributed by atoms with van der Waals surface area (Å²) in [5.41, 5.74) is 0.872. The molecule has 0 aliphatic carbocycles. The van der Waals surface area contributed by atoms with Crippen molar-refractivity contribution in [3.05, 3.63) is 45.9 Å². The molecule has 0 atom stereocenters. The van der Waals surface area contributed by atoms with Crippen LogP contribution in [0.2, 0.25) is 0 Å². The van der Waals surface area contributed by atoms with Crippen molar-refractivity contribution < 1.29 is 17.9 Å². The smallest absolute Gasteiger partial charge is 0.338 e. The highest BCUT2D eigenvalue weighted by Gasteiger charge is 2.15. The third-order valence-electron chi connectivity index (χ3n) is 2.90. The van der Waals surface area contributed by atoms with Gasteiger partial charge < -0.3 is 4.74 Å². The zero-order valence-corrected chi connectivity index (χ0v) is 13.8. The Morgan fingerprint density at radius 1 is 1.41 bits per heavy atom. The maximum Gasteiger partial charge on any atom is 0.338 e. The Labute approximate surface area is 133 Å². The number of rotatable bonds is 6. The van der Waals surface area contributed by atoms with Crippen LogP contribution in [0, 0.1) is 0 Å². The van der Waals surface area contributed by atoms with Crippen LogP contribution in [0.4, 0.5) is 0 Å². The molecule has 2 rings (SSSR count). The van der Waals surface area contributed by atoms with Crippen LogP contribution < -0.4 is 4.72 Å². The number of hydrogen-bond acceptors (Lipinski definition) is 6. The molecule has 1 heterocycles. The number of benzene rings is 1. The fourth-order valence-corrected chi connectivity index (χ4v) is 3.21. The number of hydrogen-bond donors (Lipinski definition) is 1. The van der Waals surface area contributed by atoms with E-state index in [1.807, 2.05) is 12.3 Å². The number of carbonyl (C=O) groups excluding carboxylic acids is 1. The minimum absolute atomic E-state index is 0.0198. The number of nitrogens with zero attached hydrogens (tertiary/aromatic N) is 1. The molecule has 1 aromatic carbocycles. The number of sulfonamides is 1. The molecule has 118 valence electrons. The van der Waals surface area contributed by atoms with Gasteiger partial charge in [0.1, 0.15) is 6.61 Å². The van der Waals surface area contributed by atoms with Crippen LogP contribution in [0.15, 0.2) is 34.5 Å². The van der Waals surface area contributed by atoms with Crippen molar-refractivity contribution in [2.24, 2.45) is 0 Å². The van der Waals surface area contributed by atoms with Gasteiger partial charge in [-0.05, 0) is 31.7 Å². The number of nitrogens with one attached hydrogen (secondary N) is 1. The molecule has 0 amide bonds. The Morgan fingerprint density at radius 2 is 2.18 bits per heavy atom. The third-order valence-corrected chi connectivity index (χ3v) is 5.36. The monoisotopic (exact) mass is 340 g/mol. The highest BCUT2D eigenvalue weighted by atomic mass is 32.2. The lowest BCUT2D eigenvalue weighted by Crippen LogP contribution is -2.19. The maximum atomic E-state index is 12.0. The molecular formula is C14H16N2O4S2. The lowest BCUT2D eigenvalue weighted by molar-refractivity contribution is 0.0468. The number of esters is 1. The zero-order valence-electron chi connectivity index (χ0n) is 12.2. The van der Waals surface area contributed by atoms with Crippen molar-refractivity contribution in [3.63, 3.8) is 0 Å². The van der Waals surface area contributed by atoms with Crippen LogP contribution in [0.1, 0.15) is 28.0 Å². The molecule has 0 aliphatic heterocycles. The third kappa shape index (κ3) is 3.90. The number of aryl methyl sites for hydroxylation is 1. The molecule has 0 spiro atoms. The van der Waals surface area contributed by atoms with Gasteiger partial charge in [0.25, 0.3) is 0 Å². The second-order valence-corrected chi connectivity index (χ2v) is 7.23. The van der Waals surface area contributed by atoms with Crippen LogP contribution in [-0.2, 0) is 27.8 Å². The summed E-state index contributed by atoms with van der Waals surface area (Å²) in [5, 5.41) is 2.82. The molecule has 0 aliphatic rings. The summed E-state index contributed by atoms with van der Waals surface area (Å²) >= 11 is 1.52. The molecular weight excluding hydrogens is 324 g/mol. The van der Waals surface area contributed by atoms with Gasteiger partial charge >= 0.3 is 5.97 Å². The van der Waals surface area contributed by atoms with E-state index in [0.717, 1.165) is 11.4 Å². The van der Waals surface area contributed by atoms with E-state index in [-0.39, 0.29) is 17.1 Å². The van der Waals surface area contributed by atoms with Crippen molar-refractivity contribution in [2.45, 2.75) is 24.8 Å². The van der Waals surface area contributed by atoms with E-state index in [2.05, 4.69) is 9.71 Å². The van der Waals surface area contributed by atoms with Crippen LogP contribution in [0.3, 0.4) is 0 Å². The van der Waals surface area contributed by atoms with E-state index in [9.17, 15) is 13.2 Å². The largest absolute Gasteiger partial charge is 0.456 e. The van der Waals surface area contributed by atoms with Gasteiger partial charge in [0, 0.05) is 5.38 Å². The van der Waals surface area contributed by atoms with E-state index >= 15 is 0 Å². The van der Waals surface area contributed by atoms with Gasteiger partial charge in [0.05, 0.1) is 21.2 Å². The zero-order chi connectivity index (χ0) is 16.2. The van der Waals surface area contributed by atoms with Gasteiger partial charge in [0.15, 0.2) is 0 Å². The number of aromatic nitrogens is 1. The predicted molar refractivity (Wildman–Crippen MR) is 83.3 cm³/mol. The summed E-state index contributed by atoms with van der Waals surface area (Å²) in [7, 11) is -2.28. The van der Waals surface area contributed by atoms with Crippen LogP contribution >= 0.6 is 11.3 Å². The summed E-state index contributed by atoms with van der Waals surface area (Å²) in [6, 6.07) is 5.71. The number of carbonyl (C=O) groups is 1. The molecule has 0 radical (unpaired) electrons. The fraction of sp³-hybridized carbons (Fsp3) is 0.286. The van der Waals surface area contributed by atoms with Gasteiger partial charge in [0.2, 0.25) is 10.0 Å². The molecule has 22 heavy (non-hydrogen) atoms. The minimum Gasteiger partial charge on any atom is -0.456 e. The molecule has 0 saturated heterocycles. The van der Waals surface area contributed by atoms with Crippen molar-refractivity contribution >= 4 is 27.3 Å². The second kappa shape index (κ2) is 6.99. The molecule has 1 aromatic heterocycles.